The molecule has 0 unspecified atom stereocenters. The summed E-state index contributed by atoms with van der Waals surface area (Å²) in [4.78, 5) is 26.2. The first-order chi connectivity index (χ1) is 8.06. The molecule has 6 heteroatoms. The maximum absolute atomic E-state index is 11.7. The molecule has 0 saturated heterocycles. The summed E-state index contributed by atoms with van der Waals surface area (Å²) >= 11 is 0. The van der Waals surface area contributed by atoms with Gasteiger partial charge in [0.25, 0.3) is 5.91 Å². The van der Waals surface area contributed by atoms with Gasteiger partial charge in [0.15, 0.2) is 0 Å². The molecule has 0 aliphatic heterocycles. The first-order valence-electron chi connectivity index (χ1n) is 5.23. The summed E-state index contributed by atoms with van der Waals surface area (Å²) in [6, 6.07) is 0.385. The van der Waals surface area contributed by atoms with E-state index in [0.29, 0.717) is 12.8 Å². The molecule has 1 aromatic rings. The van der Waals surface area contributed by atoms with E-state index in [-0.39, 0.29) is 11.3 Å². The molecule has 0 fully saturated rings. The van der Waals surface area contributed by atoms with Crippen molar-refractivity contribution in [1.82, 2.24) is 10.3 Å². The van der Waals surface area contributed by atoms with Crippen molar-refractivity contribution in [1.29, 1.82) is 0 Å². The van der Waals surface area contributed by atoms with Gasteiger partial charge in [-0.15, -0.1) is 0 Å². The Morgan fingerprint density at radius 3 is 2.76 bits per heavy atom. The summed E-state index contributed by atoms with van der Waals surface area (Å²) in [6.45, 7) is 1.83. The second-order valence-electron chi connectivity index (χ2n) is 3.55. The molecule has 17 heavy (non-hydrogen) atoms. The minimum Gasteiger partial charge on any atom is -0.505 e. The summed E-state index contributed by atoms with van der Waals surface area (Å²) in [5, 5.41) is 20.6. The number of aromatic nitrogens is 1. The molecule has 92 valence electrons. The number of pyridine rings is 1. The maximum atomic E-state index is 11.7. The second-order valence-corrected chi connectivity index (χ2v) is 3.55. The van der Waals surface area contributed by atoms with E-state index in [1.165, 1.54) is 12.3 Å². The monoisotopic (exact) mass is 238 g/mol. The zero-order chi connectivity index (χ0) is 12.8. The third-order valence-electron chi connectivity index (χ3n) is 2.23. The van der Waals surface area contributed by atoms with E-state index in [4.69, 9.17) is 5.11 Å². The number of carbonyl (C=O) groups is 2. The number of carboxylic acid groups (broad SMARTS) is 1. The molecule has 0 aliphatic rings. The first-order valence-corrected chi connectivity index (χ1v) is 5.23. The zero-order valence-electron chi connectivity index (χ0n) is 9.38. The number of aliphatic carboxylic acids is 1. The normalized spacial score (nSPS) is 11.8. The lowest BCUT2D eigenvalue weighted by Gasteiger charge is -2.13. The Morgan fingerprint density at radius 1 is 1.53 bits per heavy atom. The maximum Gasteiger partial charge on any atom is 0.326 e. The van der Waals surface area contributed by atoms with Gasteiger partial charge in [0.05, 0.1) is 11.8 Å². The van der Waals surface area contributed by atoms with Crippen molar-refractivity contribution in [3.05, 3.63) is 24.0 Å². The molecule has 1 amide bonds. The predicted molar refractivity (Wildman–Crippen MR) is 59.7 cm³/mol. The van der Waals surface area contributed by atoms with Gasteiger partial charge in [-0.25, -0.2) is 4.79 Å². The molecule has 3 N–H and O–H groups in total. The van der Waals surface area contributed by atoms with Crippen LogP contribution in [0.3, 0.4) is 0 Å². The lowest BCUT2D eigenvalue weighted by molar-refractivity contribution is -0.139. The number of nitrogens with zero attached hydrogens (tertiary/aromatic N) is 1. The number of carbonyl (C=O) groups excluding carboxylic acids is 1. The summed E-state index contributed by atoms with van der Waals surface area (Å²) in [5.41, 5.74) is 0.0161. The Hall–Kier alpha value is -2.11. The van der Waals surface area contributed by atoms with Gasteiger partial charge in [0, 0.05) is 6.20 Å². The van der Waals surface area contributed by atoms with Crippen molar-refractivity contribution >= 4 is 11.9 Å². The molecule has 0 saturated carbocycles. The van der Waals surface area contributed by atoms with E-state index in [2.05, 4.69) is 10.3 Å². The SMILES string of the molecule is CCC[C@@H](NC(=O)c1ccncc1O)C(=O)O. The molecule has 0 bridgehead atoms. The largest absolute Gasteiger partial charge is 0.505 e. The molecule has 0 spiro atoms. The van der Waals surface area contributed by atoms with E-state index in [0.717, 1.165) is 6.20 Å². The zero-order valence-corrected chi connectivity index (χ0v) is 9.38. The molecule has 1 heterocycles. The molecule has 1 atom stereocenters. The highest BCUT2D eigenvalue weighted by atomic mass is 16.4. The first kappa shape index (κ1) is 13.0. The van der Waals surface area contributed by atoms with Gasteiger partial charge in [0.1, 0.15) is 11.8 Å². The lowest BCUT2D eigenvalue weighted by atomic mass is 10.1. The molecular formula is C11H14N2O4. The van der Waals surface area contributed by atoms with Gasteiger partial charge < -0.3 is 15.5 Å². The van der Waals surface area contributed by atoms with Crippen molar-refractivity contribution in [3.8, 4) is 5.75 Å². The summed E-state index contributed by atoms with van der Waals surface area (Å²) in [6.07, 6.45) is 3.46. The number of carboxylic acids is 1. The van der Waals surface area contributed by atoms with Crippen molar-refractivity contribution in [3.63, 3.8) is 0 Å². The Morgan fingerprint density at radius 2 is 2.24 bits per heavy atom. The molecule has 0 radical (unpaired) electrons. The van der Waals surface area contributed by atoms with Gasteiger partial charge >= 0.3 is 5.97 Å². The van der Waals surface area contributed by atoms with E-state index < -0.39 is 17.9 Å². The fourth-order valence-corrected chi connectivity index (χ4v) is 1.36. The molecule has 1 rings (SSSR count). The average Bonchev–Trinajstić information content (AvgIpc) is 2.28. The van der Waals surface area contributed by atoms with Crippen LogP contribution < -0.4 is 5.32 Å². The van der Waals surface area contributed by atoms with Crippen LogP contribution >= 0.6 is 0 Å². The van der Waals surface area contributed by atoms with Crippen LogP contribution in [0.1, 0.15) is 30.1 Å². The quantitative estimate of drug-likeness (QED) is 0.703. The van der Waals surface area contributed by atoms with E-state index in [9.17, 15) is 14.7 Å². The van der Waals surface area contributed by atoms with Crippen LogP contribution in [-0.4, -0.2) is 33.1 Å². The number of hydrogen-bond acceptors (Lipinski definition) is 4. The second kappa shape index (κ2) is 5.83. The van der Waals surface area contributed by atoms with Crippen molar-refractivity contribution in [2.24, 2.45) is 0 Å². The molecule has 6 nitrogen and oxygen atoms in total. The molecule has 1 aromatic heterocycles. The smallest absolute Gasteiger partial charge is 0.326 e. The van der Waals surface area contributed by atoms with Crippen LogP contribution in [0.25, 0.3) is 0 Å². The van der Waals surface area contributed by atoms with Gasteiger partial charge in [0.2, 0.25) is 0 Å². The Bertz CT molecular complexity index is 420. The van der Waals surface area contributed by atoms with Crippen LogP contribution in [0, 0.1) is 0 Å². The molecule has 0 aromatic carbocycles. The van der Waals surface area contributed by atoms with Crippen molar-refractivity contribution < 1.29 is 19.8 Å². The predicted octanol–water partition coefficient (Wildman–Crippen LogP) is 0.770. The lowest BCUT2D eigenvalue weighted by Crippen LogP contribution is -2.40. The van der Waals surface area contributed by atoms with Crippen molar-refractivity contribution in [2.45, 2.75) is 25.8 Å². The number of rotatable bonds is 5. The van der Waals surface area contributed by atoms with Gasteiger partial charge in [-0.05, 0) is 12.5 Å². The van der Waals surface area contributed by atoms with Crippen LogP contribution in [0.2, 0.25) is 0 Å². The Kier molecular flexibility index (Phi) is 4.45. The summed E-state index contributed by atoms with van der Waals surface area (Å²) < 4.78 is 0. The summed E-state index contributed by atoms with van der Waals surface area (Å²) in [5.74, 6) is -1.98. The highest BCUT2D eigenvalue weighted by Gasteiger charge is 2.20. The van der Waals surface area contributed by atoms with E-state index >= 15 is 0 Å². The van der Waals surface area contributed by atoms with Gasteiger partial charge in [-0.3, -0.25) is 9.78 Å². The Labute approximate surface area is 98.3 Å². The highest BCUT2D eigenvalue weighted by molar-refractivity contribution is 5.98. The van der Waals surface area contributed by atoms with Crippen LogP contribution in [-0.2, 0) is 4.79 Å². The average molecular weight is 238 g/mol. The van der Waals surface area contributed by atoms with Crippen LogP contribution in [0.4, 0.5) is 0 Å². The van der Waals surface area contributed by atoms with Crippen LogP contribution in [0.15, 0.2) is 18.5 Å². The number of amides is 1. The summed E-state index contributed by atoms with van der Waals surface area (Å²) in [7, 11) is 0. The van der Waals surface area contributed by atoms with Crippen molar-refractivity contribution in [2.75, 3.05) is 0 Å². The number of nitrogens with one attached hydrogen (secondary N) is 1. The van der Waals surface area contributed by atoms with E-state index in [1.54, 1.807) is 0 Å². The molecule has 0 aliphatic carbocycles. The highest BCUT2D eigenvalue weighted by Crippen LogP contribution is 2.14. The standard InChI is InChI=1S/C11H14N2O4/c1-2-3-8(11(16)17)13-10(15)7-4-5-12-6-9(7)14/h4-6,8,14H,2-3H2,1H3,(H,13,15)(H,16,17)/t8-/m1/s1. The number of aromatic hydroxyl groups is 1. The minimum absolute atomic E-state index is 0.0161. The minimum atomic E-state index is -1.09. The third-order valence-corrected chi connectivity index (χ3v) is 2.23. The number of hydrogen-bond donors (Lipinski definition) is 3. The van der Waals surface area contributed by atoms with Crippen LogP contribution in [0.5, 0.6) is 5.75 Å². The van der Waals surface area contributed by atoms with E-state index in [1.807, 2.05) is 6.92 Å². The van der Waals surface area contributed by atoms with Gasteiger partial charge in [-0.2, -0.15) is 0 Å². The Balaban J connectivity index is 2.77. The third kappa shape index (κ3) is 3.44. The molecular weight excluding hydrogens is 224 g/mol. The van der Waals surface area contributed by atoms with Gasteiger partial charge in [-0.1, -0.05) is 13.3 Å². The fourth-order valence-electron chi connectivity index (χ4n) is 1.36. The topological polar surface area (TPSA) is 99.5 Å². The fraction of sp³-hybridized carbons (Fsp3) is 0.364.